The number of rotatable bonds is 7. The van der Waals surface area contributed by atoms with E-state index in [0.29, 0.717) is 11.3 Å². The zero-order valence-electron chi connectivity index (χ0n) is 20.7. The van der Waals surface area contributed by atoms with Gasteiger partial charge in [0.15, 0.2) is 6.61 Å². The first kappa shape index (κ1) is 25.5. The van der Waals surface area contributed by atoms with E-state index in [2.05, 4.69) is 36.2 Å². The predicted molar refractivity (Wildman–Crippen MR) is 139 cm³/mol. The molecule has 0 bridgehead atoms. The standard InChI is InChI=1S/C28H36ClN3O3/c1-20-4-3-5-21(2)32(20)27(33)19-35-26-12-8-23(9-13-26)28(34)30-25-14-16-31(17-15-25)18-22-6-10-24(29)11-7-22/h6-13,20-21,25H,3-5,14-19H2,1-2H3,(H,30,34). The molecule has 2 amide bonds. The summed E-state index contributed by atoms with van der Waals surface area (Å²) in [5, 5.41) is 3.92. The average Bonchev–Trinajstić information content (AvgIpc) is 2.85. The van der Waals surface area contributed by atoms with Crippen molar-refractivity contribution in [3.8, 4) is 5.75 Å². The molecule has 0 aromatic heterocycles. The number of nitrogens with one attached hydrogen (secondary N) is 1. The molecule has 2 aromatic carbocycles. The van der Waals surface area contributed by atoms with E-state index in [9.17, 15) is 9.59 Å². The van der Waals surface area contributed by atoms with Gasteiger partial charge >= 0.3 is 0 Å². The molecule has 2 unspecified atom stereocenters. The molecular formula is C28H36ClN3O3. The van der Waals surface area contributed by atoms with Crippen LogP contribution in [0.5, 0.6) is 5.75 Å². The van der Waals surface area contributed by atoms with Gasteiger partial charge in [0, 0.05) is 48.3 Å². The van der Waals surface area contributed by atoms with Gasteiger partial charge in [-0.25, -0.2) is 0 Å². The Kier molecular flexibility index (Phi) is 8.69. The Morgan fingerprint density at radius 2 is 1.57 bits per heavy atom. The lowest BCUT2D eigenvalue weighted by molar-refractivity contribution is -0.139. The number of ether oxygens (including phenoxy) is 1. The van der Waals surface area contributed by atoms with E-state index in [4.69, 9.17) is 16.3 Å². The molecule has 0 saturated carbocycles. The normalized spacial score (nSPS) is 21.5. The number of amides is 2. The molecule has 0 spiro atoms. The van der Waals surface area contributed by atoms with Gasteiger partial charge in [-0.3, -0.25) is 14.5 Å². The molecule has 2 heterocycles. The number of hydrogen-bond acceptors (Lipinski definition) is 4. The summed E-state index contributed by atoms with van der Waals surface area (Å²) in [5.74, 6) is 0.552. The fraction of sp³-hybridized carbons (Fsp3) is 0.500. The van der Waals surface area contributed by atoms with Crippen molar-refractivity contribution in [3.63, 3.8) is 0 Å². The van der Waals surface area contributed by atoms with E-state index >= 15 is 0 Å². The molecule has 2 fully saturated rings. The Bertz CT molecular complexity index is 978. The van der Waals surface area contributed by atoms with Gasteiger partial charge < -0.3 is 15.0 Å². The van der Waals surface area contributed by atoms with Crippen molar-refractivity contribution >= 4 is 23.4 Å². The van der Waals surface area contributed by atoms with E-state index in [1.807, 2.05) is 17.0 Å². The minimum absolute atomic E-state index is 0.0222. The Balaban J connectivity index is 1.20. The summed E-state index contributed by atoms with van der Waals surface area (Å²) in [6.45, 7) is 7.02. The molecule has 2 aliphatic rings. The first-order valence-corrected chi connectivity index (χ1v) is 13.1. The smallest absolute Gasteiger partial charge is 0.260 e. The lowest BCUT2D eigenvalue weighted by Crippen LogP contribution is -2.49. The van der Waals surface area contributed by atoms with Crippen LogP contribution in [-0.2, 0) is 11.3 Å². The summed E-state index contributed by atoms with van der Waals surface area (Å²) in [5.41, 5.74) is 1.85. The first-order chi connectivity index (χ1) is 16.9. The van der Waals surface area contributed by atoms with Gasteiger partial charge in [-0.15, -0.1) is 0 Å². The highest BCUT2D eigenvalue weighted by Gasteiger charge is 2.29. The number of hydrogen-bond donors (Lipinski definition) is 1. The molecule has 188 valence electrons. The third-order valence-corrected chi connectivity index (χ3v) is 7.45. The summed E-state index contributed by atoms with van der Waals surface area (Å²) in [4.78, 5) is 29.7. The molecule has 0 radical (unpaired) electrons. The fourth-order valence-electron chi connectivity index (χ4n) is 5.19. The van der Waals surface area contributed by atoms with Crippen molar-refractivity contribution in [3.05, 3.63) is 64.7 Å². The van der Waals surface area contributed by atoms with Crippen molar-refractivity contribution in [2.45, 2.75) is 70.6 Å². The highest BCUT2D eigenvalue weighted by atomic mass is 35.5. The van der Waals surface area contributed by atoms with Gasteiger partial charge in [-0.05, 0) is 87.9 Å². The predicted octanol–water partition coefficient (Wildman–Crippen LogP) is 4.90. The van der Waals surface area contributed by atoms with Crippen LogP contribution < -0.4 is 10.1 Å². The van der Waals surface area contributed by atoms with Gasteiger partial charge in [0.05, 0.1) is 0 Å². The topological polar surface area (TPSA) is 61.9 Å². The minimum atomic E-state index is -0.0697. The van der Waals surface area contributed by atoms with Crippen LogP contribution in [0.4, 0.5) is 0 Å². The van der Waals surface area contributed by atoms with Crippen LogP contribution in [0.25, 0.3) is 0 Å². The number of piperidine rings is 2. The zero-order chi connectivity index (χ0) is 24.8. The number of likely N-dealkylation sites (tertiary alicyclic amines) is 2. The van der Waals surface area contributed by atoms with Crippen molar-refractivity contribution in [1.82, 2.24) is 15.1 Å². The summed E-state index contributed by atoms with van der Waals surface area (Å²) in [6.07, 6.45) is 5.10. The van der Waals surface area contributed by atoms with Gasteiger partial charge in [0.25, 0.3) is 11.8 Å². The highest BCUT2D eigenvalue weighted by Crippen LogP contribution is 2.23. The fourth-order valence-corrected chi connectivity index (χ4v) is 5.31. The minimum Gasteiger partial charge on any atom is -0.484 e. The van der Waals surface area contributed by atoms with E-state index in [0.717, 1.165) is 50.3 Å². The summed E-state index contributed by atoms with van der Waals surface area (Å²) >= 11 is 5.97. The molecule has 2 aliphatic heterocycles. The molecule has 2 aromatic rings. The lowest BCUT2D eigenvalue weighted by atomic mass is 9.97. The molecule has 2 saturated heterocycles. The SMILES string of the molecule is CC1CCCC(C)N1C(=O)COc1ccc(C(=O)NC2CCN(Cc3ccc(Cl)cc3)CC2)cc1. The van der Waals surface area contributed by atoms with Crippen molar-refractivity contribution < 1.29 is 14.3 Å². The van der Waals surface area contributed by atoms with E-state index in [1.165, 1.54) is 12.0 Å². The van der Waals surface area contributed by atoms with E-state index in [1.54, 1.807) is 24.3 Å². The molecule has 2 atom stereocenters. The molecule has 7 heteroatoms. The molecule has 6 nitrogen and oxygen atoms in total. The second-order valence-corrected chi connectivity index (χ2v) is 10.3. The Labute approximate surface area is 213 Å². The van der Waals surface area contributed by atoms with Gasteiger partial charge in [-0.1, -0.05) is 23.7 Å². The molecule has 35 heavy (non-hydrogen) atoms. The van der Waals surface area contributed by atoms with Gasteiger partial charge in [0.2, 0.25) is 0 Å². The zero-order valence-corrected chi connectivity index (χ0v) is 21.5. The maximum absolute atomic E-state index is 12.7. The summed E-state index contributed by atoms with van der Waals surface area (Å²) < 4.78 is 5.73. The number of carbonyl (C=O) groups is 2. The maximum atomic E-state index is 12.7. The van der Waals surface area contributed by atoms with Crippen LogP contribution in [0, 0.1) is 0 Å². The molecule has 0 aliphatic carbocycles. The average molecular weight is 498 g/mol. The molecule has 1 N–H and O–H groups in total. The Morgan fingerprint density at radius 1 is 0.943 bits per heavy atom. The number of carbonyl (C=O) groups excluding carboxylic acids is 2. The highest BCUT2D eigenvalue weighted by molar-refractivity contribution is 6.30. The summed E-state index contributed by atoms with van der Waals surface area (Å²) in [6, 6.07) is 15.7. The van der Waals surface area contributed by atoms with Gasteiger partial charge in [0.1, 0.15) is 5.75 Å². The van der Waals surface area contributed by atoms with Crippen LogP contribution >= 0.6 is 11.6 Å². The van der Waals surface area contributed by atoms with E-state index in [-0.39, 0.29) is 36.5 Å². The molecular weight excluding hydrogens is 462 g/mol. The van der Waals surface area contributed by atoms with Crippen LogP contribution in [0.3, 0.4) is 0 Å². The first-order valence-electron chi connectivity index (χ1n) is 12.7. The third kappa shape index (κ3) is 6.98. The molecule has 4 rings (SSSR count). The number of halogens is 1. The Morgan fingerprint density at radius 3 is 2.20 bits per heavy atom. The van der Waals surface area contributed by atoms with Crippen molar-refractivity contribution in [1.29, 1.82) is 0 Å². The monoisotopic (exact) mass is 497 g/mol. The van der Waals surface area contributed by atoms with Crippen molar-refractivity contribution in [2.75, 3.05) is 19.7 Å². The second-order valence-electron chi connectivity index (χ2n) is 9.89. The van der Waals surface area contributed by atoms with Crippen LogP contribution in [0.15, 0.2) is 48.5 Å². The number of nitrogens with zero attached hydrogens (tertiary/aromatic N) is 2. The third-order valence-electron chi connectivity index (χ3n) is 7.20. The lowest BCUT2D eigenvalue weighted by Gasteiger charge is -2.38. The second kappa shape index (κ2) is 11.9. The maximum Gasteiger partial charge on any atom is 0.260 e. The largest absolute Gasteiger partial charge is 0.484 e. The van der Waals surface area contributed by atoms with Gasteiger partial charge in [-0.2, -0.15) is 0 Å². The van der Waals surface area contributed by atoms with Crippen LogP contribution in [0.1, 0.15) is 61.9 Å². The van der Waals surface area contributed by atoms with Crippen molar-refractivity contribution in [2.24, 2.45) is 0 Å². The summed E-state index contributed by atoms with van der Waals surface area (Å²) in [7, 11) is 0. The van der Waals surface area contributed by atoms with Crippen LogP contribution in [0.2, 0.25) is 5.02 Å². The Hall–Kier alpha value is -2.57. The quantitative estimate of drug-likeness (QED) is 0.591. The number of benzene rings is 2. The van der Waals surface area contributed by atoms with E-state index < -0.39 is 0 Å². The van der Waals surface area contributed by atoms with Crippen LogP contribution in [-0.4, -0.2) is 59.4 Å².